The van der Waals surface area contributed by atoms with E-state index in [1.807, 2.05) is 12.1 Å². The molecular weight excluding hydrogens is 442 g/mol. The Morgan fingerprint density at radius 1 is 1.04 bits per heavy atom. The van der Waals surface area contributed by atoms with Crippen molar-refractivity contribution in [2.24, 2.45) is 0 Å². The molecular formula is C19H17F3INO. The summed E-state index contributed by atoms with van der Waals surface area (Å²) in [6.07, 6.45) is -2.26. The highest BCUT2D eigenvalue weighted by molar-refractivity contribution is 14.1. The molecule has 25 heavy (non-hydrogen) atoms. The van der Waals surface area contributed by atoms with Gasteiger partial charge in [0.2, 0.25) is 0 Å². The van der Waals surface area contributed by atoms with Crippen LogP contribution in [0.15, 0.2) is 48.5 Å². The van der Waals surface area contributed by atoms with E-state index >= 15 is 0 Å². The van der Waals surface area contributed by atoms with E-state index in [4.69, 9.17) is 0 Å². The summed E-state index contributed by atoms with van der Waals surface area (Å²) in [5.41, 5.74) is 0.230. The number of amides is 1. The zero-order valence-corrected chi connectivity index (χ0v) is 15.5. The number of halogens is 4. The monoisotopic (exact) mass is 459 g/mol. The number of hydrogen-bond donors (Lipinski definition) is 1. The second-order valence-electron chi connectivity index (χ2n) is 6.18. The van der Waals surface area contributed by atoms with Crippen molar-refractivity contribution in [3.8, 4) is 0 Å². The standard InChI is InChI=1S/C19H17F3INO/c20-19(21,22)15-9-3-1-6-12(15)13-8-5-11-17(13)24-18(25)14-7-2-4-10-16(14)23/h1-4,6-7,9-10,13,17H,5,8,11H2,(H,24,25)/t13-,17-/m0/s1. The van der Waals surface area contributed by atoms with Crippen molar-refractivity contribution in [2.75, 3.05) is 0 Å². The zero-order valence-electron chi connectivity index (χ0n) is 13.3. The molecule has 2 atom stereocenters. The fourth-order valence-corrected chi connectivity index (χ4v) is 4.11. The van der Waals surface area contributed by atoms with Crippen LogP contribution in [-0.4, -0.2) is 11.9 Å². The Hall–Kier alpha value is -1.57. The van der Waals surface area contributed by atoms with Crippen LogP contribution in [0.2, 0.25) is 0 Å². The molecule has 0 bridgehead atoms. The van der Waals surface area contributed by atoms with Crippen LogP contribution in [0.25, 0.3) is 0 Å². The summed E-state index contributed by atoms with van der Waals surface area (Å²) < 4.78 is 40.8. The van der Waals surface area contributed by atoms with Crippen LogP contribution in [0.5, 0.6) is 0 Å². The first kappa shape index (κ1) is 18.2. The summed E-state index contributed by atoms with van der Waals surface area (Å²) in [6, 6.07) is 12.6. The van der Waals surface area contributed by atoms with Crippen molar-refractivity contribution < 1.29 is 18.0 Å². The smallest absolute Gasteiger partial charge is 0.349 e. The van der Waals surface area contributed by atoms with E-state index in [1.165, 1.54) is 12.1 Å². The molecule has 1 aliphatic carbocycles. The Kier molecular flexibility index (Phi) is 5.36. The molecule has 0 aliphatic heterocycles. The normalized spacial score (nSPS) is 20.5. The van der Waals surface area contributed by atoms with Gasteiger partial charge in [0, 0.05) is 15.5 Å². The number of carbonyl (C=O) groups excluding carboxylic acids is 1. The van der Waals surface area contributed by atoms with Gasteiger partial charge in [-0.25, -0.2) is 0 Å². The lowest BCUT2D eigenvalue weighted by Gasteiger charge is -2.24. The molecule has 1 fully saturated rings. The van der Waals surface area contributed by atoms with Crippen LogP contribution in [0.1, 0.15) is 46.7 Å². The molecule has 2 aromatic carbocycles. The first-order chi connectivity index (χ1) is 11.9. The van der Waals surface area contributed by atoms with Gasteiger partial charge in [-0.3, -0.25) is 4.79 Å². The average molecular weight is 459 g/mol. The molecule has 0 heterocycles. The van der Waals surface area contributed by atoms with Crippen LogP contribution in [0.4, 0.5) is 13.2 Å². The van der Waals surface area contributed by atoms with Gasteiger partial charge in [0.25, 0.3) is 5.91 Å². The third-order valence-corrected chi connectivity index (χ3v) is 5.56. The topological polar surface area (TPSA) is 29.1 Å². The predicted molar refractivity (Wildman–Crippen MR) is 98.4 cm³/mol. The maximum atomic E-state index is 13.3. The SMILES string of the molecule is O=C(N[C@H]1CCC[C@H]1c1ccccc1C(F)(F)F)c1ccccc1I. The van der Waals surface area contributed by atoms with Gasteiger partial charge in [0.1, 0.15) is 0 Å². The number of rotatable bonds is 3. The highest BCUT2D eigenvalue weighted by atomic mass is 127. The molecule has 2 aromatic rings. The molecule has 0 aromatic heterocycles. The van der Waals surface area contributed by atoms with E-state index in [0.29, 0.717) is 18.4 Å². The Balaban J connectivity index is 1.85. The van der Waals surface area contributed by atoms with Crippen molar-refractivity contribution in [1.82, 2.24) is 5.32 Å². The maximum Gasteiger partial charge on any atom is 0.416 e. The second-order valence-corrected chi connectivity index (χ2v) is 7.34. The number of alkyl halides is 3. The highest BCUT2D eigenvalue weighted by Crippen LogP contribution is 2.41. The molecule has 3 rings (SSSR count). The van der Waals surface area contributed by atoms with E-state index in [-0.39, 0.29) is 23.4 Å². The Morgan fingerprint density at radius 2 is 1.72 bits per heavy atom. The summed E-state index contributed by atoms with van der Waals surface area (Å²) in [5, 5.41) is 2.95. The van der Waals surface area contributed by atoms with Crippen molar-refractivity contribution in [3.63, 3.8) is 0 Å². The van der Waals surface area contributed by atoms with Gasteiger partial charge >= 0.3 is 6.18 Å². The van der Waals surface area contributed by atoms with Crippen LogP contribution >= 0.6 is 22.6 Å². The minimum Gasteiger partial charge on any atom is -0.349 e. The highest BCUT2D eigenvalue weighted by Gasteiger charge is 2.38. The van der Waals surface area contributed by atoms with Gasteiger partial charge in [-0.1, -0.05) is 36.8 Å². The van der Waals surface area contributed by atoms with Crippen molar-refractivity contribution in [1.29, 1.82) is 0 Å². The van der Waals surface area contributed by atoms with Crippen molar-refractivity contribution in [3.05, 3.63) is 68.8 Å². The maximum absolute atomic E-state index is 13.3. The fraction of sp³-hybridized carbons (Fsp3) is 0.316. The second kappa shape index (κ2) is 7.35. The van der Waals surface area contributed by atoms with Crippen LogP contribution < -0.4 is 5.32 Å². The summed E-state index contributed by atoms with van der Waals surface area (Å²) in [5.74, 6) is -0.547. The number of hydrogen-bond acceptors (Lipinski definition) is 1. The van der Waals surface area contributed by atoms with Crippen LogP contribution in [0.3, 0.4) is 0 Å². The predicted octanol–water partition coefficient (Wildman–Crippen LogP) is 5.38. The third-order valence-electron chi connectivity index (χ3n) is 4.62. The molecule has 0 saturated heterocycles. The first-order valence-corrected chi connectivity index (χ1v) is 9.17. The van der Waals surface area contributed by atoms with E-state index in [2.05, 4.69) is 27.9 Å². The molecule has 0 unspecified atom stereocenters. The third kappa shape index (κ3) is 3.99. The Morgan fingerprint density at radius 3 is 2.44 bits per heavy atom. The summed E-state index contributed by atoms with van der Waals surface area (Å²) >= 11 is 2.09. The summed E-state index contributed by atoms with van der Waals surface area (Å²) in [4.78, 5) is 12.5. The molecule has 6 heteroatoms. The van der Waals surface area contributed by atoms with Gasteiger partial charge < -0.3 is 5.32 Å². The van der Waals surface area contributed by atoms with Gasteiger partial charge in [-0.2, -0.15) is 13.2 Å². The minimum absolute atomic E-state index is 0.230. The lowest BCUT2D eigenvalue weighted by atomic mass is 9.89. The van der Waals surface area contributed by atoms with Gasteiger partial charge in [-0.15, -0.1) is 0 Å². The van der Waals surface area contributed by atoms with Crippen molar-refractivity contribution >= 4 is 28.5 Å². The Bertz CT molecular complexity index is 775. The number of carbonyl (C=O) groups is 1. The molecule has 1 aliphatic rings. The number of benzene rings is 2. The molecule has 2 nitrogen and oxygen atoms in total. The van der Waals surface area contributed by atoms with Crippen molar-refractivity contribution in [2.45, 2.75) is 37.4 Å². The summed E-state index contributed by atoms with van der Waals surface area (Å²) in [6.45, 7) is 0. The van der Waals surface area contributed by atoms with E-state index < -0.39 is 11.7 Å². The lowest BCUT2D eigenvalue weighted by molar-refractivity contribution is -0.138. The molecule has 1 amide bonds. The van der Waals surface area contributed by atoms with E-state index in [1.54, 1.807) is 18.2 Å². The van der Waals surface area contributed by atoms with Crippen LogP contribution in [0, 0.1) is 3.57 Å². The van der Waals surface area contributed by atoms with E-state index in [9.17, 15) is 18.0 Å². The molecule has 0 spiro atoms. The quantitative estimate of drug-likeness (QED) is 0.615. The van der Waals surface area contributed by atoms with Crippen LogP contribution in [-0.2, 0) is 6.18 Å². The lowest BCUT2D eigenvalue weighted by Crippen LogP contribution is -2.37. The molecule has 1 saturated carbocycles. The van der Waals surface area contributed by atoms with Gasteiger partial charge in [-0.05, 0) is 59.2 Å². The zero-order chi connectivity index (χ0) is 18.0. The van der Waals surface area contributed by atoms with Gasteiger partial charge in [0.05, 0.1) is 11.1 Å². The fourth-order valence-electron chi connectivity index (χ4n) is 3.48. The first-order valence-electron chi connectivity index (χ1n) is 8.09. The Labute approximate surface area is 158 Å². The molecule has 0 radical (unpaired) electrons. The average Bonchev–Trinajstić information content (AvgIpc) is 3.02. The molecule has 1 N–H and O–H groups in total. The van der Waals surface area contributed by atoms with Gasteiger partial charge in [0.15, 0.2) is 0 Å². The summed E-state index contributed by atoms with van der Waals surface area (Å²) in [7, 11) is 0. The molecule has 132 valence electrons. The minimum atomic E-state index is -4.39. The number of nitrogens with one attached hydrogen (secondary N) is 1. The van der Waals surface area contributed by atoms with E-state index in [0.717, 1.165) is 16.1 Å². The largest absolute Gasteiger partial charge is 0.416 e.